The van der Waals surface area contributed by atoms with Gasteiger partial charge >= 0.3 is 18.0 Å². The van der Waals surface area contributed by atoms with Crippen LogP contribution in [-0.4, -0.2) is 89.6 Å². The number of carboxylic acids is 1. The van der Waals surface area contributed by atoms with Crippen molar-refractivity contribution in [2.45, 2.75) is 31.3 Å². The number of nitrogens with one attached hydrogen (secondary N) is 1. The fourth-order valence-electron chi connectivity index (χ4n) is 7.08. The minimum absolute atomic E-state index is 0.0598. The fraction of sp³-hybridized carbons (Fsp3) is 0.289. The summed E-state index contributed by atoms with van der Waals surface area (Å²) in [7, 11) is 1.31. The van der Waals surface area contributed by atoms with Crippen molar-refractivity contribution in [3.05, 3.63) is 128 Å². The number of carboxylic acid groups (broad SMARTS) is 1. The second-order valence-electron chi connectivity index (χ2n) is 13.4. The summed E-state index contributed by atoms with van der Waals surface area (Å²) in [5.41, 5.74) is 3.95. The number of methoxy groups -OCH3 is 1. The summed E-state index contributed by atoms with van der Waals surface area (Å²) in [6, 6.07) is 17.8. The molecule has 1 aromatic heterocycles. The van der Waals surface area contributed by atoms with Gasteiger partial charge in [0, 0.05) is 71.7 Å². The molecule has 0 saturated carbocycles. The predicted molar refractivity (Wildman–Crippen MR) is 197 cm³/mol. The van der Waals surface area contributed by atoms with Gasteiger partial charge in [-0.05, 0) is 47.5 Å². The van der Waals surface area contributed by atoms with E-state index in [4.69, 9.17) is 21.3 Å². The summed E-state index contributed by atoms with van der Waals surface area (Å²) in [6.45, 7) is 6.61. The van der Waals surface area contributed by atoms with E-state index in [1.165, 1.54) is 36.6 Å². The summed E-state index contributed by atoms with van der Waals surface area (Å²) >= 11 is 7.90. The van der Waals surface area contributed by atoms with Crippen LogP contribution in [-0.2, 0) is 14.9 Å². The molecule has 0 radical (unpaired) electrons. The quantitative estimate of drug-likeness (QED) is 0.197. The molecule has 11 nitrogen and oxygen atoms in total. The number of hydrogen-bond donors (Lipinski definition) is 2. The van der Waals surface area contributed by atoms with Crippen LogP contribution in [0.25, 0.3) is 0 Å². The SMILES string of the molecule is COC(=O)C1=C(CN2CCN3C(=O)N(c4ccc(C(C)(C)c5ccc(C(=O)O)cc5)cc4)C[C@@H]3C2)NC(c2nccs2)=N[C@H]1c1ccc(F)cc1Cl. The third kappa shape index (κ3) is 6.67. The summed E-state index contributed by atoms with van der Waals surface area (Å²) in [4.78, 5) is 53.5. The number of fused-ring (bicyclic) bond motifs is 1. The van der Waals surface area contributed by atoms with Crippen molar-refractivity contribution in [2.24, 2.45) is 4.99 Å². The van der Waals surface area contributed by atoms with E-state index in [1.807, 2.05) is 46.7 Å². The van der Waals surface area contributed by atoms with E-state index in [0.717, 1.165) is 16.8 Å². The van der Waals surface area contributed by atoms with Gasteiger partial charge in [-0.3, -0.25) is 14.8 Å². The highest BCUT2D eigenvalue weighted by Crippen LogP contribution is 2.38. The summed E-state index contributed by atoms with van der Waals surface area (Å²) in [6.07, 6.45) is 1.67. The number of ether oxygens (including phenoxy) is 1. The summed E-state index contributed by atoms with van der Waals surface area (Å²) < 4.78 is 19.3. The molecular formula is C38H36ClFN6O5S. The number of amides is 2. The lowest BCUT2D eigenvalue weighted by atomic mass is 9.78. The van der Waals surface area contributed by atoms with Crippen LogP contribution < -0.4 is 10.2 Å². The third-order valence-electron chi connectivity index (χ3n) is 10.00. The number of anilines is 1. The van der Waals surface area contributed by atoms with E-state index in [0.29, 0.717) is 54.8 Å². The molecule has 7 rings (SSSR count). The van der Waals surface area contributed by atoms with Crippen LogP contribution in [0.4, 0.5) is 14.9 Å². The van der Waals surface area contributed by atoms with E-state index < -0.39 is 29.2 Å². The molecule has 2 fully saturated rings. The van der Waals surface area contributed by atoms with Gasteiger partial charge < -0.3 is 20.1 Å². The second kappa shape index (κ2) is 14.1. The predicted octanol–water partition coefficient (Wildman–Crippen LogP) is 6.10. The number of aromatic carboxylic acids is 1. The Hall–Kier alpha value is -5.11. The monoisotopic (exact) mass is 742 g/mol. The van der Waals surface area contributed by atoms with Crippen LogP contribution in [0, 0.1) is 5.82 Å². The number of aromatic nitrogens is 1. The number of hydrogen-bond acceptors (Lipinski definition) is 9. The van der Waals surface area contributed by atoms with Crippen LogP contribution in [0.15, 0.2) is 94.6 Å². The first-order valence-electron chi connectivity index (χ1n) is 16.7. The number of halogens is 2. The zero-order valence-electron chi connectivity index (χ0n) is 28.7. The maximum absolute atomic E-state index is 14.1. The van der Waals surface area contributed by atoms with Gasteiger partial charge in [0.1, 0.15) is 11.9 Å². The van der Waals surface area contributed by atoms with Gasteiger partial charge in [-0.15, -0.1) is 11.3 Å². The molecule has 0 bridgehead atoms. The lowest BCUT2D eigenvalue weighted by Crippen LogP contribution is -2.53. The maximum Gasteiger partial charge on any atom is 0.338 e. The zero-order valence-corrected chi connectivity index (χ0v) is 30.2. The minimum Gasteiger partial charge on any atom is -0.478 e. The number of carbonyl (C=O) groups is 3. The Balaban J connectivity index is 1.10. The molecule has 0 spiro atoms. The molecule has 2 saturated heterocycles. The molecule has 2 N–H and O–H groups in total. The highest BCUT2D eigenvalue weighted by molar-refractivity contribution is 7.11. The van der Waals surface area contributed by atoms with Crippen LogP contribution >= 0.6 is 22.9 Å². The second-order valence-corrected chi connectivity index (χ2v) is 14.7. The minimum atomic E-state index is -0.965. The number of carbonyl (C=O) groups excluding carboxylic acids is 2. The van der Waals surface area contributed by atoms with Crippen molar-refractivity contribution >= 4 is 52.4 Å². The van der Waals surface area contributed by atoms with Crippen molar-refractivity contribution in [1.29, 1.82) is 0 Å². The highest BCUT2D eigenvalue weighted by Gasteiger charge is 2.42. The van der Waals surface area contributed by atoms with Crippen LogP contribution in [0.2, 0.25) is 5.02 Å². The van der Waals surface area contributed by atoms with Crippen molar-refractivity contribution < 1.29 is 28.6 Å². The Labute approximate surface area is 309 Å². The largest absolute Gasteiger partial charge is 0.478 e. The van der Waals surface area contributed by atoms with Gasteiger partial charge in [-0.25, -0.2) is 23.8 Å². The molecule has 268 valence electrons. The Kier molecular flexibility index (Phi) is 9.59. The lowest BCUT2D eigenvalue weighted by Gasteiger charge is -2.38. The molecule has 14 heteroatoms. The zero-order chi connectivity index (χ0) is 36.7. The number of amidine groups is 1. The first kappa shape index (κ1) is 35.3. The van der Waals surface area contributed by atoms with E-state index in [9.17, 15) is 23.9 Å². The number of esters is 1. The smallest absolute Gasteiger partial charge is 0.338 e. The first-order chi connectivity index (χ1) is 24.9. The maximum atomic E-state index is 14.1. The molecule has 2 amide bonds. The molecule has 0 aliphatic carbocycles. The molecule has 4 aromatic rings. The molecule has 3 aliphatic rings. The molecule has 4 heterocycles. The number of benzene rings is 3. The van der Waals surface area contributed by atoms with Gasteiger partial charge in [0.2, 0.25) is 0 Å². The molecule has 2 atom stereocenters. The van der Waals surface area contributed by atoms with E-state index in [2.05, 4.69) is 29.0 Å². The van der Waals surface area contributed by atoms with Gasteiger partial charge in [0.25, 0.3) is 0 Å². The Morgan fingerprint density at radius 2 is 1.77 bits per heavy atom. The van der Waals surface area contributed by atoms with Gasteiger partial charge in [-0.1, -0.05) is 55.8 Å². The van der Waals surface area contributed by atoms with Crippen molar-refractivity contribution in [2.75, 3.05) is 44.7 Å². The number of thiazole rings is 1. The topological polar surface area (TPSA) is 128 Å². The van der Waals surface area contributed by atoms with E-state index >= 15 is 0 Å². The first-order valence-corrected chi connectivity index (χ1v) is 18.0. The van der Waals surface area contributed by atoms with Gasteiger partial charge in [0.15, 0.2) is 10.8 Å². The molecule has 52 heavy (non-hydrogen) atoms. The van der Waals surface area contributed by atoms with Crippen LogP contribution in [0.5, 0.6) is 0 Å². The van der Waals surface area contributed by atoms with Gasteiger partial charge in [-0.2, -0.15) is 0 Å². The number of aliphatic imine (C=N–C) groups is 1. The lowest BCUT2D eigenvalue weighted by molar-refractivity contribution is -0.136. The molecule has 0 unspecified atom stereocenters. The number of piperazine rings is 1. The molecule has 3 aromatic carbocycles. The number of urea groups is 1. The van der Waals surface area contributed by atoms with Crippen molar-refractivity contribution in [3.63, 3.8) is 0 Å². The summed E-state index contributed by atoms with van der Waals surface area (Å²) in [5, 5.41) is 15.2. The van der Waals surface area contributed by atoms with E-state index in [-0.39, 0.29) is 28.2 Å². The Morgan fingerprint density at radius 3 is 2.40 bits per heavy atom. The van der Waals surface area contributed by atoms with Crippen molar-refractivity contribution in [3.8, 4) is 0 Å². The average Bonchev–Trinajstić information content (AvgIpc) is 3.79. The Morgan fingerprint density at radius 1 is 1.06 bits per heavy atom. The number of nitrogens with zero attached hydrogens (tertiary/aromatic N) is 5. The normalized spacial score (nSPS) is 19.3. The van der Waals surface area contributed by atoms with E-state index in [1.54, 1.807) is 23.2 Å². The number of rotatable bonds is 9. The van der Waals surface area contributed by atoms with Crippen LogP contribution in [0.1, 0.15) is 51.9 Å². The summed E-state index contributed by atoms with van der Waals surface area (Å²) in [5.74, 6) is -1.58. The average molecular weight is 743 g/mol. The molecule has 3 aliphatic heterocycles. The standard InChI is InChI=1S/C38H36ClFN6O5S/c1-38(2,23-6-4-22(5-7-23)35(47)48)24-8-11-26(12-9-24)46-20-27-19-44(15-16-45(27)37(46)50)21-30-31(36(49)51-3)32(28-13-10-25(40)18-29(28)39)43-33(42-30)34-41-14-17-52-34/h4-14,17-18,27,32H,15-16,19-21H2,1-3H3,(H,42,43)(H,47,48)/t27-,32-/m0/s1. The molecular weight excluding hydrogens is 707 g/mol. The highest BCUT2D eigenvalue weighted by atomic mass is 35.5. The van der Waals surface area contributed by atoms with Crippen molar-refractivity contribution in [1.82, 2.24) is 20.1 Å². The van der Waals surface area contributed by atoms with Gasteiger partial charge in [0.05, 0.1) is 24.3 Å². The Bertz CT molecular complexity index is 2090. The third-order valence-corrected chi connectivity index (χ3v) is 11.1. The van der Waals surface area contributed by atoms with Crippen LogP contribution in [0.3, 0.4) is 0 Å². The fourth-order valence-corrected chi connectivity index (χ4v) is 7.94.